The average molecular weight is 267 g/mol. The van der Waals surface area contributed by atoms with E-state index in [9.17, 15) is 4.79 Å². The Morgan fingerprint density at radius 1 is 1.30 bits per heavy atom. The normalized spacial score (nSPS) is 16.9. The molecule has 1 aromatic heterocycles. The number of fused-ring (bicyclic) bond motifs is 1. The lowest BCUT2D eigenvalue weighted by Crippen LogP contribution is -2.33. The van der Waals surface area contributed by atoms with Gasteiger partial charge in [-0.3, -0.25) is 4.79 Å². The molecule has 2 aromatic rings. The van der Waals surface area contributed by atoms with Crippen molar-refractivity contribution in [2.24, 2.45) is 5.92 Å². The topological polar surface area (TPSA) is 54.0 Å². The fourth-order valence-corrected chi connectivity index (χ4v) is 2.40. The summed E-state index contributed by atoms with van der Waals surface area (Å²) < 4.78 is 0. The van der Waals surface area contributed by atoms with Crippen molar-refractivity contribution >= 4 is 17.4 Å². The number of para-hydroxylation sites is 1. The van der Waals surface area contributed by atoms with E-state index in [4.69, 9.17) is 0 Å². The zero-order valence-electron chi connectivity index (χ0n) is 11.4. The maximum absolute atomic E-state index is 12.3. The van der Waals surface area contributed by atoms with Gasteiger partial charge < -0.3 is 10.6 Å². The minimum absolute atomic E-state index is 0.0170. The molecular weight excluding hydrogens is 250 g/mol. The number of rotatable bonds is 2. The minimum atomic E-state index is -0.0620. The molecule has 0 radical (unpaired) electrons. The van der Waals surface area contributed by atoms with E-state index in [1.54, 1.807) is 6.20 Å². The van der Waals surface area contributed by atoms with Gasteiger partial charge in [-0.1, -0.05) is 24.3 Å². The highest BCUT2D eigenvalue weighted by molar-refractivity contribution is 5.92. The molecule has 1 aromatic carbocycles. The van der Waals surface area contributed by atoms with Crippen LogP contribution in [0.15, 0.2) is 42.6 Å². The summed E-state index contributed by atoms with van der Waals surface area (Å²) in [5, 5.41) is 6.19. The van der Waals surface area contributed by atoms with E-state index >= 15 is 0 Å². The summed E-state index contributed by atoms with van der Waals surface area (Å²) >= 11 is 0. The monoisotopic (exact) mass is 267 g/mol. The second-order valence-electron chi connectivity index (χ2n) is 5.15. The van der Waals surface area contributed by atoms with E-state index < -0.39 is 0 Å². The lowest BCUT2D eigenvalue weighted by molar-refractivity contribution is -0.119. The van der Waals surface area contributed by atoms with Crippen LogP contribution in [0.2, 0.25) is 0 Å². The first-order chi connectivity index (χ1) is 9.72. The number of aryl methyl sites for hydroxylation is 1. The number of nitrogens with zero attached hydrogens (tertiary/aromatic N) is 1. The predicted octanol–water partition coefficient (Wildman–Crippen LogP) is 2.61. The second kappa shape index (κ2) is 5.33. The van der Waals surface area contributed by atoms with Crippen molar-refractivity contribution < 1.29 is 4.79 Å². The maximum atomic E-state index is 12.3. The number of anilines is 2. The first-order valence-electron chi connectivity index (χ1n) is 6.77. The molecule has 1 aliphatic rings. The molecular formula is C16H17N3O. The number of carbonyl (C=O) groups is 1. The number of hydrogen-bond donors (Lipinski definition) is 2. The van der Waals surface area contributed by atoms with Crippen LogP contribution in [0, 0.1) is 12.8 Å². The molecule has 2 N–H and O–H groups in total. The van der Waals surface area contributed by atoms with Gasteiger partial charge >= 0.3 is 0 Å². The molecule has 1 atom stereocenters. The van der Waals surface area contributed by atoms with Crippen LogP contribution in [0.25, 0.3) is 0 Å². The maximum Gasteiger partial charge on any atom is 0.230 e. The first-order valence-corrected chi connectivity index (χ1v) is 6.77. The Kier molecular flexibility index (Phi) is 3.37. The van der Waals surface area contributed by atoms with Crippen molar-refractivity contribution in [3.05, 3.63) is 53.7 Å². The highest BCUT2D eigenvalue weighted by Gasteiger charge is 2.24. The van der Waals surface area contributed by atoms with Crippen molar-refractivity contribution in [3.63, 3.8) is 0 Å². The first kappa shape index (κ1) is 12.7. The lowest BCUT2D eigenvalue weighted by Gasteiger charge is -2.25. The molecule has 0 fully saturated rings. The third kappa shape index (κ3) is 2.64. The van der Waals surface area contributed by atoms with Crippen LogP contribution < -0.4 is 10.6 Å². The molecule has 4 heteroatoms. The molecule has 0 aliphatic carbocycles. The number of hydrogen-bond acceptors (Lipinski definition) is 3. The van der Waals surface area contributed by atoms with Crippen molar-refractivity contribution in [2.75, 3.05) is 17.2 Å². The van der Waals surface area contributed by atoms with Crippen LogP contribution in [0.5, 0.6) is 0 Å². The quantitative estimate of drug-likeness (QED) is 0.879. The largest absolute Gasteiger partial charge is 0.384 e. The molecule has 1 unspecified atom stereocenters. The van der Waals surface area contributed by atoms with Crippen molar-refractivity contribution in [2.45, 2.75) is 13.3 Å². The van der Waals surface area contributed by atoms with Gasteiger partial charge in [-0.15, -0.1) is 0 Å². The Labute approximate surface area is 118 Å². The van der Waals surface area contributed by atoms with Crippen LogP contribution >= 0.6 is 0 Å². The van der Waals surface area contributed by atoms with Crippen LogP contribution in [0.1, 0.15) is 11.1 Å². The van der Waals surface area contributed by atoms with E-state index in [1.807, 2.05) is 37.3 Å². The SMILES string of the molecule is Cc1ccc(NC(=O)C2CNc3ccccc3C2)nc1. The molecule has 20 heavy (non-hydrogen) atoms. The van der Waals surface area contributed by atoms with Gasteiger partial charge in [0, 0.05) is 18.4 Å². The molecule has 1 aliphatic heterocycles. The fraction of sp³-hybridized carbons (Fsp3) is 0.250. The third-order valence-corrected chi connectivity index (χ3v) is 3.56. The van der Waals surface area contributed by atoms with Gasteiger partial charge in [0.15, 0.2) is 0 Å². The summed E-state index contributed by atoms with van der Waals surface area (Å²) in [7, 11) is 0. The molecule has 3 rings (SSSR count). The van der Waals surface area contributed by atoms with Crippen molar-refractivity contribution in [3.8, 4) is 0 Å². The number of pyridine rings is 1. The van der Waals surface area contributed by atoms with Gasteiger partial charge in [0.25, 0.3) is 0 Å². The number of aromatic nitrogens is 1. The Bertz CT molecular complexity index is 622. The third-order valence-electron chi connectivity index (χ3n) is 3.56. The molecule has 2 heterocycles. The summed E-state index contributed by atoms with van der Waals surface area (Å²) in [6.07, 6.45) is 2.52. The van der Waals surface area contributed by atoms with Crippen molar-refractivity contribution in [1.82, 2.24) is 4.98 Å². The van der Waals surface area contributed by atoms with Crippen LogP contribution in [-0.2, 0) is 11.2 Å². The Hall–Kier alpha value is -2.36. The van der Waals surface area contributed by atoms with E-state index in [-0.39, 0.29) is 11.8 Å². The standard InChI is InChI=1S/C16H17N3O/c1-11-6-7-15(18-9-11)19-16(20)13-8-12-4-2-3-5-14(12)17-10-13/h2-7,9,13,17H,8,10H2,1H3,(H,18,19,20). The zero-order valence-corrected chi connectivity index (χ0v) is 11.4. The van der Waals surface area contributed by atoms with Crippen LogP contribution in [0.4, 0.5) is 11.5 Å². The van der Waals surface area contributed by atoms with Gasteiger partial charge in [0.2, 0.25) is 5.91 Å². The number of amides is 1. The Morgan fingerprint density at radius 3 is 2.95 bits per heavy atom. The highest BCUT2D eigenvalue weighted by Crippen LogP contribution is 2.24. The molecule has 0 bridgehead atoms. The summed E-state index contributed by atoms with van der Waals surface area (Å²) in [5.74, 6) is 0.566. The van der Waals surface area contributed by atoms with Crippen LogP contribution in [-0.4, -0.2) is 17.4 Å². The fourth-order valence-electron chi connectivity index (χ4n) is 2.40. The van der Waals surface area contributed by atoms with Gasteiger partial charge in [-0.25, -0.2) is 4.98 Å². The molecule has 0 spiro atoms. The Morgan fingerprint density at radius 2 is 2.15 bits per heavy atom. The van der Waals surface area contributed by atoms with Crippen LogP contribution in [0.3, 0.4) is 0 Å². The van der Waals surface area contributed by atoms with E-state index in [2.05, 4.69) is 21.7 Å². The molecule has 0 saturated carbocycles. The van der Waals surface area contributed by atoms with E-state index in [0.717, 1.165) is 17.7 Å². The Balaban J connectivity index is 1.68. The number of carbonyl (C=O) groups excluding carboxylic acids is 1. The summed E-state index contributed by atoms with van der Waals surface area (Å²) in [5.41, 5.74) is 3.40. The van der Waals surface area contributed by atoms with Gasteiger partial charge in [0.1, 0.15) is 5.82 Å². The smallest absolute Gasteiger partial charge is 0.230 e. The highest BCUT2D eigenvalue weighted by atomic mass is 16.2. The number of benzene rings is 1. The second-order valence-corrected chi connectivity index (χ2v) is 5.15. The van der Waals surface area contributed by atoms with Gasteiger partial charge in [-0.2, -0.15) is 0 Å². The lowest BCUT2D eigenvalue weighted by atomic mass is 9.93. The molecule has 1 amide bonds. The summed E-state index contributed by atoms with van der Waals surface area (Å²) in [6, 6.07) is 11.9. The van der Waals surface area contributed by atoms with E-state index in [1.165, 1.54) is 5.56 Å². The predicted molar refractivity (Wildman–Crippen MR) is 79.7 cm³/mol. The van der Waals surface area contributed by atoms with Gasteiger partial charge in [-0.05, 0) is 36.6 Å². The van der Waals surface area contributed by atoms with Crippen molar-refractivity contribution in [1.29, 1.82) is 0 Å². The molecule has 0 saturated heterocycles. The average Bonchev–Trinajstić information content (AvgIpc) is 2.49. The zero-order chi connectivity index (χ0) is 13.9. The summed E-state index contributed by atoms with van der Waals surface area (Å²) in [4.78, 5) is 16.5. The van der Waals surface area contributed by atoms with Gasteiger partial charge in [0.05, 0.1) is 5.92 Å². The number of nitrogens with one attached hydrogen (secondary N) is 2. The molecule has 102 valence electrons. The molecule has 4 nitrogen and oxygen atoms in total. The van der Waals surface area contributed by atoms with E-state index in [0.29, 0.717) is 12.4 Å². The minimum Gasteiger partial charge on any atom is -0.384 e. The summed E-state index contributed by atoms with van der Waals surface area (Å²) in [6.45, 7) is 2.63.